The van der Waals surface area contributed by atoms with E-state index in [2.05, 4.69) is 15.2 Å². The number of rotatable bonds is 13. The van der Waals surface area contributed by atoms with Crippen LogP contribution in [0.25, 0.3) is 11.0 Å². The van der Waals surface area contributed by atoms with Gasteiger partial charge in [-0.3, -0.25) is 4.79 Å². The molecule has 1 unspecified atom stereocenters. The van der Waals surface area contributed by atoms with Crippen LogP contribution in [0.5, 0.6) is 0 Å². The average molecular weight is 616 g/mol. The smallest absolute Gasteiger partial charge is 0.388 e. The summed E-state index contributed by atoms with van der Waals surface area (Å²) in [7, 11) is -2.18. The number of likely N-dealkylation sites (N-methyl/N-ethyl adjacent to an activating group) is 1. The zero-order valence-electron chi connectivity index (χ0n) is 25.4. The van der Waals surface area contributed by atoms with E-state index in [1.807, 2.05) is 55.9 Å². The van der Waals surface area contributed by atoms with Crippen LogP contribution in [0.4, 0.5) is 0 Å². The largest absolute Gasteiger partial charge is 0.480 e. The Morgan fingerprint density at radius 1 is 1.19 bits per heavy atom. The highest BCUT2D eigenvalue weighted by molar-refractivity contribution is 7.84. The normalized spacial score (nSPS) is 16.6. The Morgan fingerprint density at radius 3 is 2.65 bits per heavy atom. The van der Waals surface area contributed by atoms with Gasteiger partial charge < -0.3 is 24.0 Å². The third kappa shape index (κ3) is 7.35. The molecule has 0 bridgehead atoms. The van der Waals surface area contributed by atoms with Gasteiger partial charge in [0, 0.05) is 38.2 Å². The number of aliphatic hydroxyl groups is 2. The van der Waals surface area contributed by atoms with Crippen LogP contribution in [0.2, 0.25) is 0 Å². The molecular formula is C30H41N5O7S. The average Bonchev–Trinajstić information content (AvgIpc) is 3.37. The van der Waals surface area contributed by atoms with Crippen LogP contribution in [-0.2, 0) is 30.6 Å². The fraction of sp³-hybridized carbons (Fsp3) is 0.500. The van der Waals surface area contributed by atoms with E-state index in [0.717, 1.165) is 51.9 Å². The van der Waals surface area contributed by atoms with Gasteiger partial charge in [0.1, 0.15) is 5.52 Å². The van der Waals surface area contributed by atoms with Gasteiger partial charge in [0.05, 0.1) is 31.1 Å². The number of aryl methyl sites for hydroxylation is 2. The predicted molar refractivity (Wildman–Crippen MR) is 162 cm³/mol. The summed E-state index contributed by atoms with van der Waals surface area (Å²) in [4.78, 5) is 15.0. The van der Waals surface area contributed by atoms with Crippen LogP contribution in [0.3, 0.4) is 0 Å². The molecule has 2 N–H and O–H groups in total. The molecule has 13 heteroatoms. The molecule has 12 nitrogen and oxygen atoms in total. The standard InChI is InChI=1S/C30H41N5O7S/c1-6-41-29(38)19-26(23-9-8-20(2)25(18-23)22(4)35-14-12-28(37)42-43(35,39)40)24-10-11-27-30(21(24)3)31-32-34(27)16-15-33(5)13-7-17-36/h8-12,18,22,26,36-37H,6-7,13-17,19H2,1-5H3/t22-,26?/m1/s1. The molecule has 0 saturated carbocycles. The van der Waals surface area contributed by atoms with Gasteiger partial charge in [0.15, 0.2) is 0 Å². The van der Waals surface area contributed by atoms with Crippen molar-refractivity contribution in [3.05, 3.63) is 70.2 Å². The van der Waals surface area contributed by atoms with Crippen LogP contribution in [0, 0.1) is 13.8 Å². The zero-order chi connectivity index (χ0) is 31.3. The Labute approximate surface area is 252 Å². The van der Waals surface area contributed by atoms with Crippen molar-refractivity contribution in [3.8, 4) is 0 Å². The molecule has 2 aromatic carbocycles. The minimum atomic E-state index is -4.18. The van der Waals surface area contributed by atoms with E-state index in [-0.39, 0.29) is 38.1 Å². The minimum Gasteiger partial charge on any atom is -0.480 e. The predicted octanol–water partition coefficient (Wildman–Crippen LogP) is 3.48. The molecule has 0 radical (unpaired) electrons. The highest BCUT2D eigenvalue weighted by atomic mass is 32.2. The number of carbonyl (C=O) groups excluding carboxylic acids is 1. The summed E-state index contributed by atoms with van der Waals surface area (Å²) < 4.78 is 38.5. The minimum absolute atomic E-state index is 0.0338. The first-order valence-corrected chi connectivity index (χ1v) is 15.8. The van der Waals surface area contributed by atoms with Crippen molar-refractivity contribution in [1.82, 2.24) is 24.2 Å². The summed E-state index contributed by atoms with van der Waals surface area (Å²) in [5.74, 6) is -1.37. The van der Waals surface area contributed by atoms with E-state index in [9.17, 15) is 18.3 Å². The van der Waals surface area contributed by atoms with Gasteiger partial charge in [-0.25, -0.2) is 4.68 Å². The van der Waals surface area contributed by atoms with E-state index in [0.29, 0.717) is 13.0 Å². The first-order chi connectivity index (χ1) is 20.5. The van der Waals surface area contributed by atoms with Gasteiger partial charge in [-0.2, -0.15) is 12.7 Å². The molecule has 1 aromatic heterocycles. The number of esters is 1. The number of aliphatic hydroxyl groups excluding tert-OH is 2. The maximum Gasteiger partial charge on any atom is 0.388 e. The molecular weight excluding hydrogens is 574 g/mol. The van der Waals surface area contributed by atoms with Gasteiger partial charge in [-0.1, -0.05) is 29.5 Å². The number of nitrogens with zero attached hydrogens (tertiary/aromatic N) is 5. The second-order valence-electron chi connectivity index (χ2n) is 10.8. The Hall–Kier alpha value is -3.52. The maximum atomic E-state index is 12.8. The molecule has 1 aliphatic rings. The molecule has 0 amide bonds. The lowest BCUT2D eigenvalue weighted by Gasteiger charge is -2.30. The van der Waals surface area contributed by atoms with Gasteiger partial charge in [0.25, 0.3) is 5.95 Å². The quantitative estimate of drug-likeness (QED) is 0.274. The van der Waals surface area contributed by atoms with Crippen LogP contribution in [0.15, 0.2) is 42.4 Å². The van der Waals surface area contributed by atoms with Crippen molar-refractivity contribution in [1.29, 1.82) is 0 Å². The number of aromatic nitrogens is 3. The Balaban J connectivity index is 1.71. The van der Waals surface area contributed by atoms with Crippen molar-refractivity contribution in [2.45, 2.75) is 59.0 Å². The monoisotopic (exact) mass is 615 g/mol. The molecule has 0 fully saturated rings. The van der Waals surface area contributed by atoms with Crippen LogP contribution < -0.4 is 0 Å². The Bertz CT molecular complexity index is 1590. The summed E-state index contributed by atoms with van der Waals surface area (Å²) in [5, 5.41) is 27.6. The molecule has 4 rings (SSSR count). The topological polar surface area (TPSA) is 147 Å². The molecule has 3 aromatic rings. The first-order valence-electron chi connectivity index (χ1n) is 14.4. The van der Waals surface area contributed by atoms with E-state index in [1.165, 1.54) is 10.4 Å². The number of ether oxygens (including phenoxy) is 1. The van der Waals surface area contributed by atoms with Gasteiger partial charge in [0.2, 0.25) is 0 Å². The number of benzene rings is 2. The molecule has 43 heavy (non-hydrogen) atoms. The number of fused-ring (bicyclic) bond motifs is 1. The molecule has 0 saturated heterocycles. The van der Waals surface area contributed by atoms with Gasteiger partial charge in [-0.15, -0.1) is 5.10 Å². The fourth-order valence-corrected chi connectivity index (χ4v) is 6.66. The maximum absolute atomic E-state index is 12.8. The SMILES string of the molecule is CCOC(=O)CC(c1ccc(C)c([C@@H](C)N2CC=C(O)OS2(=O)=O)c1)c1ccc2c(nnn2CCN(C)CCCO)c1C. The van der Waals surface area contributed by atoms with Crippen molar-refractivity contribution in [2.24, 2.45) is 0 Å². The summed E-state index contributed by atoms with van der Waals surface area (Å²) >= 11 is 0. The van der Waals surface area contributed by atoms with Crippen LogP contribution >= 0.6 is 0 Å². The number of carbonyl (C=O) groups is 1. The van der Waals surface area contributed by atoms with Crippen molar-refractivity contribution in [2.75, 3.05) is 39.9 Å². The van der Waals surface area contributed by atoms with Crippen LogP contribution in [-0.4, -0.2) is 88.7 Å². The summed E-state index contributed by atoms with van der Waals surface area (Å²) in [6, 6.07) is 9.16. The molecule has 2 atom stereocenters. The molecule has 1 aliphatic heterocycles. The molecule has 0 aliphatic carbocycles. The summed E-state index contributed by atoms with van der Waals surface area (Å²) in [6.07, 6.45) is 2.10. The van der Waals surface area contributed by atoms with Crippen molar-refractivity contribution >= 4 is 27.3 Å². The molecule has 2 heterocycles. The van der Waals surface area contributed by atoms with Crippen molar-refractivity contribution < 1.29 is 32.3 Å². The number of hydrogen-bond donors (Lipinski definition) is 2. The second-order valence-corrected chi connectivity index (χ2v) is 12.3. The van der Waals surface area contributed by atoms with Gasteiger partial charge in [-0.05, 0) is 75.0 Å². The fourth-order valence-electron chi connectivity index (χ4n) is 5.52. The van der Waals surface area contributed by atoms with E-state index in [4.69, 9.17) is 14.0 Å². The van der Waals surface area contributed by atoms with Crippen molar-refractivity contribution in [3.63, 3.8) is 0 Å². The number of hydrogen-bond acceptors (Lipinski definition) is 10. The van der Waals surface area contributed by atoms with Crippen LogP contribution in [0.1, 0.15) is 66.5 Å². The Morgan fingerprint density at radius 2 is 1.95 bits per heavy atom. The lowest BCUT2D eigenvalue weighted by Crippen LogP contribution is -2.38. The zero-order valence-corrected chi connectivity index (χ0v) is 26.2. The molecule has 0 spiro atoms. The highest BCUT2D eigenvalue weighted by Crippen LogP contribution is 2.37. The highest BCUT2D eigenvalue weighted by Gasteiger charge is 2.34. The molecule has 234 valence electrons. The van der Waals surface area contributed by atoms with E-state index >= 15 is 0 Å². The first kappa shape index (κ1) is 32.4. The summed E-state index contributed by atoms with van der Waals surface area (Å²) in [5.41, 5.74) is 5.88. The lowest BCUT2D eigenvalue weighted by molar-refractivity contribution is -0.143. The van der Waals surface area contributed by atoms with E-state index < -0.39 is 22.3 Å². The van der Waals surface area contributed by atoms with Gasteiger partial charge >= 0.3 is 16.3 Å². The summed E-state index contributed by atoms with van der Waals surface area (Å²) in [6.45, 7) is 9.95. The Kier molecular flexibility index (Phi) is 10.4. The second kappa shape index (κ2) is 13.8. The third-order valence-corrected chi connectivity index (χ3v) is 9.36. The lowest BCUT2D eigenvalue weighted by atomic mass is 9.83. The van der Waals surface area contributed by atoms with E-state index in [1.54, 1.807) is 13.8 Å². The third-order valence-electron chi connectivity index (χ3n) is 7.94.